The molecule has 0 spiro atoms. The lowest BCUT2D eigenvalue weighted by atomic mass is 10.3. The molecule has 128 valence electrons. The van der Waals surface area contributed by atoms with Gasteiger partial charge in [0, 0.05) is 0 Å². The molecule has 0 aromatic heterocycles. The molecule has 2 heteroatoms. The molecule has 0 N–H and O–H groups in total. The van der Waals surface area contributed by atoms with E-state index in [-0.39, 0.29) is 24.0 Å². The molecule has 1 aromatic carbocycles. The quantitative estimate of drug-likeness (QED) is 0.497. The molecule has 0 nitrogen and oxygen atoms in total. The van der Waals surface area contributed by atoms with E-state index in [0.717, 1.165) is 17.0 Å². The van der Waals surface area contributed by atoms with E-state index in [1.54, 1.807) is 38.5 Å². The first-order chi connectivity index (χ1) is 10.9. The molecule has 0 bridgehead atoms. The van der Waals surface area contributed by atoms with E-state index in [0.29, 0.717) is 0 Å². The predicted molar refractivity (Wildman–Crippen MR) is 99.8 cm³/mol. The summed E-state index contributed by atoms with van der Waals surface area (Å²) < 4.78 is 0. The predicted octanol–water partition coefficient (Wildman–Crippen LogP) is 3.16. The Morgan fingerprint density at radius 3 is 1.26 bits per heavy atom. The van der Waals surface area contributed by atoms with Crippen LogP contribution in [0.5, 0.6) is 0 Å². The topological polar surface area (TPSA) is 0 Å². The van der Waals surface area contributed by atoms with Gasteiger partial charge in [-0.05, 0) is 89.2 Å². The fourth-order valence-electron chi connectivity index (χ4n) is 6.21. The third-order valence-electron chi connectivity index (χ3n) is 6.99. The van der Waals surface area contributed by atoms with Crippen LogP contribution < -0.4 is 29.3 Å². The summed E-state index contributed by atoms with van der Waals surface area (Å²) in [7, 11) is -0.991. The molecule has 0 saturated heterocycles. The van der Waals surface area contributed by atoms with Crippen molar-refractivity contribution in [3.05, 3.63) is 30.3 Å². The first-order valence-electron chi connectivity index (χ1n) is 9.86. The maximum Gasteiger partial charge on any atom is 0.0948 e. The molecule has 0 heterocycles. The second kappa shape index (κ2) is 8.17. The van der Waals surface area contributed by atoms with Gasteiger partial charge in [-0.1, -0.05) is 18.2 Å². The lowest BCUT2D eigenvalue weighted by molar-refractivity contribution is -0.00000448. The highest BCUT2D eigenvalue weighted by atomic mass is 127. The molecule has 0 radical (unpaired) electrons. The average molecular weight is 442 g/mol. The lowest BCUT2D eigenvalue weighted by Gasteiger charge is -2.42. The molecular weight excluding hydrogens is 410 g/mol. The SMILES string of the molecule is [I-].c1ccc([P+](C2CCCC2)(C2CCCC2)C2CCCC2)cc1. The highest BCUT2D eigenvalue weighted by molar-refractivity contribution is 7.84. The van der Waals surface area contributed by atoms with Crippen molar-refractivity contribution < 1.29 is 24.0 Å². The van der Waals surface area contributed by atoms with Crippen LogP contribution in [0.25, 0.3) is 0 Å². The number of halogens is 1. The van der Waals surface area contributed by atoms with Crippen molar-refractivity contribution in [1.82, 2.24) is 0 Å². The van der Waals surface area contributed by atoms with Crippen LogP contribution in [-0.2, 0) is 0 Å². The Kier molecular flexibility index (Phi) is 6.46. The van der Waals surface area contributed by atoms with Gasteiger partial charge in [0.25, 0.3) is 0 Å². The van der Waals surface area contributed by atoms with Crippen LogP contribution in [0.1, 0.15) is 77.0 Å². The molecule has 3 aliphatic carbocycles. The molecule has 1 aromatic rings. The van der Waals surface area contributed by atoms with Crippen molar-refractivity contribution in [3.8, 4) is 0 Å². The van der Waals surface area contributed by atoms with Crippen LogP contribution in [0.15, 0.2) is 30.3 Å². The molecule has 3 fully saturated rings. The van der Waals surface area contributed by atoms with Crippen LogP contribution in [0.3, 0.4) is 0 Å². The molecule has 23 heavy (non-hydrogen) atoms. The van der Waals surface area contributed by atoms with Crippen molar-refractivity contribution in [3.63, 3.8) is 0 Å². The number of rotatable bonds is 4. The van der Waals surface area contributed by atoms with Crippen LogP contribution in [0.2, 0.25) is 0 Å². The number of hydrogen-bond donors (Lipinski definition) is 0. The fourth-order valence-corrected chi connectivity index (χ4v) is 13.6. The van der Waals surface area contributed by atoms with Gasteiger partial charge in [-0.25, -0.2) is 0 Å². The maximum absolute atomic E-state index is 2.54. The van der Waals surface area contributed by atoms with Crippen LogP contribution in [-0.4, -0.2) is 17.0 Å². The molecular formula is C21H32IP. The Morgan fingerprint density at radius 2 is 0.913 bits per heavy atom. The van der Waals surface area contributed by atoms with Crippen molar-refractivity contribution in [1.29, 1.82) is 0 Å². The summed E-state index contributed by atoms with van der Waals surface area (Å²) in [5.74, 6) is 0. The van der Waals surface area contributed by atoms with E-state index in [1.807, 2.05) is 5.30 Å². The molecule has 3 aliphatic rings. The van der Waals surface area contributed by atoms with Gasteiger partial charge in [0.2, 0.25) is 0 Å². The molecule has 0 amide bonds. The highest BCUT2D eigenvalue weighted by Gasteiger charge is 2.59. The smallest absolute Gasteiger partial charge is 0.0948 e. The normalized spacial score (nSPS) is 24.2. The summed E-state index contributed by atoms with van der Waals surface area (Å²) in [6.45, 7) is 0. The van der Waals surface area contributed by atoms with E-state index in [1.165, 1.54) is 38.5 Å². The van der Waals surface area contributed by atoms with Crippen LogP contribution in [0, 0.1) is 0 Å². The minimum atomic E-state index is -0.991. The summed E-state index contributed by atoms with van der Waals surface area (Å²) >= 11 is 0. The van der Waals surface area contributed by atoms with Crippen molar-refractivity contribution in [2.75, 3.05) is 0 Å². The Labute approximate surface area is 160 Å². The van der Waals surface area contributed by atoms with Crippen LogP contribution >= 0.6 is 7.26 Å². The van der Waals surface area contributed by atoms with E-state index in [4.69, 9.17) is 0 Å². The monoisotopic (exact) mass is 442 g/mol. The maximum atomic E-state index is 2.54. The van der Waals surface area contributed by atoms with Gasteiger partial charge in [0.1, 0.15) is 0 Å². The van der Waals surface area contributed by atoms with Crippen molar-refractivity contribution in [2.45, 2.75) is 94.0 Å². The van der Waals surface area contributed by atoms with E-state index in [9.17, 15) is 0 Å². The summed E-state index contributed by atoms with van der Waals surface area (Å²) in [6, 6.07) is 12.0. The fraction of sp³-hybridized carbons (Fsp3) is 0.714. The second-order valence-corrected chi connectivity index (χ2v) is 12.4. The van der Waals surface area contributed by atoms with Gasteiger partial charge in [-0.3, -0.25) is 0 Å². The summed E-state index contributed by atoms with van der Waals surface area (Å²) in [5.41, 5.74) is 3.25. The Hall–Kier alpha value is 0.380. The van der Waals surface area contributed by atoms with E-state index in [2.05, 4.69) is 30.3 Å². The number of benzene rings is 1. The van der Waals surface area contributed by atoms with E-state index < -0.39 is 7.26 Å². The molecule has 0 unspecified atom stereocenters. The van der Waals surface area contributed by atoms with Crippen LogP contribution in [0.4, 0.5) is 0 Å². The van der Waals surface area contributed by atoms with Gasteiger partial charge in [0.05, 0.1) is 29.5 Å². The zero-order valence-corrected chi connectivity index (χ0v) is 17.5. The van der Waals surface area contributed by atoms with Gasteiger partial charge in [0.15, 0.2) is 0 Å². The summed E-state index contributed by atoms with van der Waals surface area (Å²) in [5, 5.41) is 1.83. The Bertz CT molecular complexity index is 427. The largest absolute Gasteiger partial charge is 1.00 e. The Balaban J connectivity index is 0.00000156. The van der Waals surface area contributed by atoms with Gasteiger partial charge in [-0.2, -0.15) is 0 Å². The summed E-state index contributed by atoms with van der Waals surface area (Å²) in [4.78, 5) is 0. The Morgan fingerprint density at radius 1 is 0.565 bits per heavy atom. The number of hydrogen-bond acceptors (Lipinski definition) is 0. The minimum absolute atomic E-state index is 0. The molecule has 0 aliphatic heterocycles. The molecule has 3 saturated carbocycles. The van der Waals surface area contributed by atoms with Crippen molar-refractivity contribution >= 4 is 12.6 Å². The standard InChI is InChI=1S/C21H32P.HI/c1-2-10-18(11-3-1)22(19-12-4-5-13-19,20-14-6-7-15-20)21-16-8-9-17-21;/h1-3,10-11,19-21H,4-9,12-17H2;1H/q+1;/p-1. The highest BCUT2D eigenvalue weighted by Crippen LogP contribution is 2.77. The second-order valence-electron chi connectivity index (χ2n) is 7.98. The molecule has 0 atom stereocenters. The van der Waals surface area contributed by atoms with Gasteiger partial charge >= 0.3 is 0 Å². The first kappa shape index (κ1) is 18.2. The summed E-state index contributed by atoms with van der Waals surface area (Å²) in [6.07, 6.45) is 18.4. The van der Waals surface area contributed by atoms with Crippen molar-refractivity contribution in [2.24, 2.45) is 0 Å². The van der Waals surface area contributed by atoms with Gasteiger partial charge < -0.3 is 24.0 Å². The molecule has 4 rings (SSSR count). The zero-order chi connectivity index (χ0) is 14.8. The zero-order valence-electron chi connectivity index (χ0n) is 14.4. The average Bonchev–Trinajstić information content (AvgIpc) is 3.34. The first-order valence-corrected chi connectivity index (χ1v) is 11.9. The third kappa shape index (κ3) is 3.26. The minimum Gasteiger partial charge on any atom is -1.00 e. The van der Waals surface area contributed by atoms with Gasteiger partial charge in [-0.15, -0.1) is 0 Å². The third-order valence-corrected chi connectivity index (χ3v) is 13.4. The lowest BCUT2D eigenvalue weighted by Crippen LogP contribution is -3.00. The van der Waals surface area contributed by atoms with E-state index >= 15 is 0 Å².